The zero-order valence-electron chi connectivity index (χ0n) is 15.4. The van der Waals surface area contributed by atoms with Crippen molar-refractivity contribution < 1.29 is 0 Å². The predicted octanol–water partition coefficient (Wildman–Crippen LogP) is 0.984. The Morgan fingerprint density at radius 1 is 1.15 bits per heavy atom. The second kappa shape index (κ2) is 6.45. The van der Waals surface area contributed by atoms with Gasteiger partial charge in [-0.3, -0.25) is 9.69 Å². The SMILES string of the molecule is CN(CCn1ccccc1=O)C1CN(c2ccc3nnc(C4CC4)n3n2)C1. The number of nitrogens with zero attached hydrogens (tertiary/aromatic N) is 7. The Hall–Kier alpha value is -2.74. The zero-order chi connectivity index (χ0) is 18.4. The summed E-state index contributed by atoms with van der Waals surface area (Å²) in [4.78, 5) is 16.4. The van der Waals surface area contributed by atoms with Gasteiger partial charge in [-0.2, -0.15) is 4.52 Å². The summed E-state index contributed by atoms with van der Waals surface area (Å²) >= 11 is 0. The van der Waals surface area contributed by atoms with Crippen LogP contribution in [0.15, 0.2) is 41.3 Å². The Labute approximate surface area is 157 Å². The van der Waals surface area contributed by atoms with Gasteiger partial charge in [0.05, 0.1) is 0 Å². The second-order valence-corrected chi connectivity index (χ2v) is 7.57. The molecule has 3 aromatic rings. The Morgan fingerprint density at radius 2 is 2.00 bits per heavy atom. The van der Waals surface area contributed by atoms with Crippen LogP contribution >= 0.6 is 0 Å². The zero-order valence-corrected chi connectivity index (χ0v) is 15.4. The lowest BCUT2D eigenvalue weighted by molar-refractivity contribution is 0.197. The van der Waals surface area contributed by atoms with E-state index >= 15 is 0 Å². The molecule has 4 heterocycles. The Kier molecular flexibility index (Phi) is 3.93. The molecule has 2 aliphatic rings. The summed E-state index contributed by atoms with van der Waals surface area (Å²) in [6, 6.07) is 9.79. The predicted molar refractivity (Wildman–Crippen MR) is 102 cm³/mol. The first-order valence-electron chi connectivity index (χ1n) is 9.52. The van der Waals surface area contributed by atoms with Gasteiger partial charge in [0.2, 0.25) is 0 Å². The molecule has 0 spiro atoms. The molecule has 2 fully saturated rings. The lowest BCUT2D eigenvalue weighted by atomic mass is 10.1. The minimum atomic E-state index is 0.0547. The third kappa shape index (κ3) is 3.10. The van der Waals surface area contributed by atoms with E-state index in [1.807, 2.05) is 28.9 Å². The molecule has 0 N–H and O–H groups in total. The van der Waals surface area contributed by atoms with Crippen LogP contribution in [0.1, 0.15) is 24.6 Å². The average Bonchev–Trinajstić information content (AvgIpc) is 3.39. The fourth-order valence-corrected chi connectivity index (χ4v) is 3.58. The molecule has 1 saturated carbocycles. The van der Waals surface area contributed by atoms with Crippen molar-refractivity contribution in [2.75, 3.05) is 31.6 Å². The van der Waals surface area contributed by atoms with Crippen molar-refractivity contribution >= 4 is 11.5 Å². The maximum atomic E-state index is 11.8. The van der Waals surface area contributed by atoms with Gasteiger partial charge in [0.15, 0.2) is 11.5 Å². The highest BCUT2D eigenvalue weighted by atomic mass is 16.1. The van der Waals surface area contributed by atoms with E-state index < -0.39 is 0 Å². The first kappa shape index (κ1) is 16.4. The quantitative estimate of drug-likeness (QED) is 0.649. The summed E-state index contributed by atoms with van der Waals surface area (Å²) in [7, 11) is 2.12. The van der Waals surface area contributed by atoms with E-state index in [2.05, 4.69) is 27.0 Å². The number of anilines is 1. The van der Waals surface area contributed by atoms with E-state index in [0.29, 0.717) is 18.5 Å². The van der Waals surface area contributed by atoms with Crippen LogP contribution in [0.5, 0.6) is 0 Å². The lowest BCUT2D eigenvalue weighted by Crippen LogP contribution is -2.59. The maximum absolute atomic E-state index is 11.8. The van der Waals surface area contributed by atoms with E-state index in [1.165, 1.54) is 12.8 Å². The number of likely N-dealkylation sites (N-methyl/N-ethyl adjacent to an activating group) is 1. The molecule has 0 amide bonds. The molecule has 1 aliphatic heterocycles. The molecule has 0 atom stereocenters. The van der Waals surface area contributed by atoms with Crippen LogP contribution in [0.4, 0.5) is 5.82 Å². The number of fused-ring (bicyclic) bond motifs is 1. The van der Waals surface area contributed by atoms with Crippen LogP contribution in [-0.4, -0.2) is 62.0 Å². The molecule has 8 heteroatoms. The van der Waals surface area contributed by atoms with Crippen LogP contribution in [0, 0.1) is 0 Å². The van der Waals surface area contributed by atoms with Crippen LogP contribution in [0.2, 0.25) is 0 Å². The summed E-state index contributed by atoms with van der Waals surface area (Å²) in [6.45, 7) is 3.45. The summed E-state index contributed by atoms with van der Waals surface area (Å²) in [6.07, 6.45) is 4.22. The third-order valence-corrected chi connectivity index (χ3v) is 5.62. The molecular weight excluding hydrogens is 342 g/mol. The molecule has 140 valence electrons. The van der Waals surface area contributed by atoms with Crippen molar-refractivity contribution in [3.05, 3.63) is 52.7 Å². The van der Waals surface area contributed by atoms with E-state index in [0.717, 1.165) is 36.9 Å². The van der Waals surface area contributed by atoms with Gasteiger partial charge in [-0.05, 0) is 38.1 Å². The van der Waals surface area contributed by atoms with E-state index in [9.17, 15) is 4.79 Å². The standard InChI is InChI=1S/C19H23N7O/c1-23(10-11-24-9-3-2-4-18(24)27)15-12-25(13-15)17-8-7-16-20-21-19(14-5-6-14)26(16)22-17/h2-4,7-9,14-15H,5-6,10-13H2,1H3. The van der Waals surface area contributed by atoms with E-state index in [-0.39, 0.29) is 5.56 Å². The highest BCUT2D eigenvalue weighted by Gasteiger charge is 2.32. The molecule has 1 aliphatic carbocycles. The molecule has 0 aromatic carbocycles. The summed E-state index contributed by atoms with van der Waals surface area (Å²) < 4.78 is 3.67. The van der Waals surface area contributed by atoms with Crippen LogP contribution in [0.3, 0.4) is 0 Å². The first-order valence-corrected chi connectivity index (χ1v) is 9.52. The van der Waals surface area contributed by atoms with Gasteiger partial charge >= 0.3 is 0 Å². The normalized spacial score (nSPS) is 17.6. The molecule has 3 aromatic heterocycles. The fraction of sp³-hybridized carbons (Fsp3) is 0.474. The highest BCUT2D eigenvalue weighted by molar-refractivity contribution is 5.48. The number of aromatic nitrogens is 5. The number of pyridine rings is 1. The topological polar surface area (TPSA) is 71.6 Å². The molecule has 0 bridgehead atoms. The smallest absolute Gasteiger partial charge is 0.250 e. The highest BCUT2D eigenvalue weighted by Crippen LogP contribution is 2.38. The van der Waals surface area contributed by atoms with Crippen molar-refractivity contribution in [2.24, 2.45) is 0 Å². The van der Waals surface area contributed by atoms with Crippen molar-refractivity contribution in [2.45, 2.75) is 31.3 Å². The minimum absolute atomic E-state index is 0.0547. The summed E-state index contributed by atoms with van der Waals surface area (Å²) in [5, 5.41) is 13.3. The molecule has 0 unspecified atom stereocenters. The number of rotatable bonds is 6. The molecular formula is C19H23N7O. The summed E-state index contributed by atoms with van der Waals surface area (Å²) in [5.74, 6) is 2.50. The second-order valence-electron chi connectivity index (χ2n) is 7.57. The lowest BCUT2D eigenvalue weighted by Gasteiger charge is -2.44. The van der Waals surface area contributed by atoms with Crippen LogP contribution < -0.4 is 10.5 Å². The number of hydrogen-bond acceptors (Lipinski definition) is 6. The van der Waals surface area contributed by atoms with Crippen LogP contribution in [0.25, 0.3) is 5.65 Å². The molecule has 27 heavy (non-hydrogen) atoms. The maximum Gasteiger partial charge on any atom is 0.250 e. The van der Waals surface area contributed by atoms with Gasteiger partial charge in [0, 0.05) is 50.4 Å². The van der Waals surface area contributed by atoms with Gasteiger partial charge in [-0.25, -0.2) is 0 Å². The van der Waals surface area contributed by atoms with Gasteiger partial charge in [0.25, 0.3) is 5.56 Å². The number of hydrogen-bond donors (Lipinski definition) is 0. The Bertz CT molecular complexity index is 1020. The van der Waals surface area contributed by atoms with E-state index in [4.69, 9.17) is 5.10 Å². The van der Waals surface area contributed by atoms with E-state index in [1.54, 1.807) is 16.7 Å². The molecule has 0 radical (unpaired) electrons. The van der Waals surface area contributed by atoms with Crippen molar-refractivity contribution in [3.63, 3.8) is 0 Å². The molecule has 8 nitrogen and oxygen atoms in total. The van der Waals surface area contributed by atoms with Crippen molar-refractivity contribution in [1.29, 1.82) is 0 Å². The largest absolute Gasteiger partial charge is 0.352 e. The van der Waals surface area contributed by atoms with Crippen molar-refractivity contribution in [1.82, 2.24) is 29.3 Å². The average molecular weight is 365 g/mol. The first-order chi connectivity index (χ1) is 13.2. The Balaban J connectivity index is 1.21. The summed E-state index contributed by atoms with van der Waals surface area (Å²) in [5.41, 5.74) is 0.877. The van der Waals surface area contributed by atoms with Crippen molar-refractivity contribution in [3.8, 4) is 0 Å². The molecule has 5 rings (SSSR count). The van der Waals surface area contributed by atoms with Gasteiger partial charge in [-0.1, -0.05) is 6.07 Å². The van der Waals surface area contributed by atoms with Gasteiger partial charge in [-0.15, -0.1) is 15.3 Å². The minimum Gasteiger partial charge on any atom is -0.352 e. The fourth-order valence-electron chi connectivity index (χ4n) is 3.58. The van der Waals surface area contributed by atoms with Gasteiger partial charge < -0.3 is 9.47 Å². The Morgan fingerprint density at radius 3 is 2.78 bits per heavy atom. The third-order valence-electron chi connectivity index (χ3n) is 5.62. The van der Waals surface area contributed by atoms with Crippen LogP contribution in [-0.2, 0) is 6.54 Å². The van der Waals surface area contributed by atoms with Gasteiger partial charge in [0.1, 0.15) is 5.82 Å². The molecule has 1 saturated heterocycles. The monoisotopic (exact) mass is 365 g/mol.